The van der Waals surface area contributed by atoms with Gasteiger partial charge in [0.2, 0.25) is 0 Å². The number of phenolic OH excluding ortho intramolecular Hbond substituents is 1. The first kappa shape index (κ1) is 13.3. The van der Waals surface area contributed by atoms with E-state index in [0.717, 1.165) is 5.56 Å². The zero-order valence-corrected chi connectivity index (χ0v) is 9.86. The van der Waals surface area contributed by atoms with Crippen molar-refractivity contribution >= 4 is 11.5 Å². The summed E-state index contributed by atoms with van der Waals surface area (Å²) in [5.74, 6) is -0.381. The molecule has 4 N–H and O–H groups in total. The van der Waals surface area contributed by atoms with Gasteiger partial charge in [0.25, 0.3) is 0 Å². The minimum Gasteiger partial charge on any atom is -0.506 e. The second-order valence-corrected chi connectivity index (χ2v) is 3.97. The van der Waals surface area contributed by atoms with Crippen molar-refractivity contribution in [2.75, 3.05) is 12.3 Å². The molecule has 0 saturated heterocycles. The molecule has 0 fully saturated rings. The molecule has 0 amide bonds. The number of benzene rings is 1. The van der Waals surface area contributed by atoms with Crippen LogP contribution in [-0.2, 0) is 6.42 Å². The van der Waals surface area contributed by atoms with Crippen LogP contribution in [0.2, 0.25) is 0 Å². The third-order valence-electron chi connectivity index (χ3n) is 2.53. The summed E-state index contributed by atoms with van der Waals surface area (Å²) < 4.78 is 0. The predicted molar refractivity (Wildman–Crippen MR) is 67.1 cm³/mol. The number of aromatic hydroxyl groups is 1. The van der Waals surface area contributed by atoms with Crippen LogP contribution in [0, 0.1) is 0 Å². The van der Waals surface area contributed by atoms with Crippen molar-refractivity contribution in [3.8, 4) is 5.75 Å². The molecule has 4 heteroatoms. The lowest BCUT2D eigenvalue weighted by molar-refractivity contribution is 0.103. The Morgan fingerprint density at radius 2 is 2.12 bits per heavy atom. The van der Waals surface area contributed by atoms with Gasteiger partial charge in [-0.25, -0.2) is 0 Å². The number of anilines is 1. The fraction of sp³-hybridized carbons (Fsp3) is 0.308. The Balaban J connectivity index is 3.26. The number of rotatable bonds is 5. The molecule has 0 spiro atoms. The van der Waals surface area contributed by atoms with E-state index in [1.807, 2.05) is 0 Å². The van der Waals surface area contributed by atoms with E-state index in [2.05, 4.69) is 6.58 Å². The van der Waals surface area contributed by atoms with Gasteiger partial charge in [-0.2, -0.15) is 0 Å². The number of hydrogen-bond donors (Lipinski definition) is 3. The number of nitrogens with two attached hydrogens (primary N) is 1. The number of aliphatic hydroxyl groups excluding tert-OH is 1. The minimum atomic E-state index is -0.272. The molecule has 0 aromatic heterocycles. The summed E-state index contributed by atoms with van der Waals surface area (Å²) in [6.45, 7) is 5.23. The van der Waals surface area contributed by atoms with Crippen molar-refractivity contribution < 1.29 is 15.0 Å². The maximum Gasteiger partial charge on any atom is 0.190 e. The topological polar surface area (TPSA) is 83.5 Å². The normalized spacial score (nSPS) is 10.2. The lowest BCUT2D eigenvalue weighted by Crippen LogP contribution is -2.09. The van der Waals surface area contributed by atoms with E-state index in [9.17, 15) is 9.90 Å². The van der Waals surface area contributed by atoms with Crippen molar-refractivity contribution in [2.24, 2.45) is 0 Å². The van der Waals surface area contributed by atoms with Crippen LogP contribution >= 0.6 is 0 Å². The van der Waals surface area contributed by atoms with Crippen LogP contribution in [0.5, 0.6) is 5.75 Å². The zero-order valence-electron chi connectivity index (χ0n) is 9.86. The SMILES string of the molecule is C=C(C)C(=O)c1c(CCCO)ccc(O)c1N. The summed E-state index contributed by atoms with van der Waals surface area (Å²) in [6.07, 6.45) is 1.08. The minimum absolute atomic E-state index is 0.0431. The van der Waals surface area contributed by atoms with Crippen molar-refractivity contribution in [3.05, 3.63) is 35.4 Å². The van der Waals surface area contributed by atoms with Crippen LogP contribution in [-0.4, -0.2) is 22.6 Å². The highest BCUT2D eigenvalue weighted by molar-refractivity contribution is 6.12. The number of carbonyl (C=O) groups excluding carboxylic acids is 1. The average Bonchev–Trinajstić information content (AvgIpc) is 2.29. The fourth-order valence-corrected chi connectivity index (χ4v) is 1.61. The Morgan fingerprint density at radius 3 is 2.65 bits per heavy atom. The highest BCUT2D eigenvalue weighted by atomic mass is 16.3. The van der Waals surface area contributed by atoms with Crippen LogP contribution in [0.3, 0.4) is 0 Å². The molecule has 0 saturated carbocycles. The van der Waals surface area contributed by atoms with Gasteiger partial charge < -0.3 is 15.9 Å². The lowest BCUT2D eigenvalue weighted by atomic mass is 9.95. The average molecular weight is 235 g/mol. The van der Waals surface area contributed by atoms with Gasteiger partial charge in [0.15, 0.2) is 5.78 Å². The van der Waals surface area contributed by atoms with E-state index in [0.29, 0.717) is 24.0 Å². The highest BCUT2D eigenvalue weighted by Crippen LogP contribution is 2.29. The second kappa shape index (κ2) is 5.50. The van der Waals surface area contributed by atoms with Crippen LogP contribution in [0.15, 0.2) is 24.3 Å². The van der Waals surface area contributed by atoms with Crippen LogP contribution in [0.1, 0.15) is 29.3 Å². The van der Waals surface area contributed by atoms with Gasteiger partial charge in [-0.1, -0.05) is 12.6 Å². The predicted octanol–water partition coefficient (Wildman–Crippen LogP) is 1.66. The van der Waals surface area contributed by atoms with Crippen molar-refractivity contribution in [1.82, 2.24) is 0 Å². The standard InChI is InChI=1S/C13H17NO3/c1-8(2)13(17)11-9(4-3-7-15)5-6-10(16)12(11)14/h5-6,15-16H,1,3-4,7,14H2,2H3. The van der Waals surface area contributed by atoms with Gasteiger partial charge in [-0.05, 0) is 37.0 Å². The van der Waals surface area contributed by atoms with Crippen molar-refractivity contribution in [2.45, 2.75) is 19.8 Å². The first-order valence-corrected chi connectivity index (χ1v) is 5.40. The number of allylic oxidation sites excluding steroid dienone is 1. The summed E-state index contributed by atoms with van der Waals surface area (Å²) in [5, 5.41) is 18.3. The summed E-state index contributed by atoms with van der Waals surface area (Å²) in [5.41, 5.74) is 7.19. The molecule has 4 nitrogen and oxygen atoms in total. The van der Waals surface area contributed by atoms with Gasteiger partial charge >= 0.3 is 0 Å². The summed E-state index contributed by atoms with van der Waals surface area (Å²) >= 11 is 0. The van der Waals surface area contributed by atoms with E-state index in [1.165, 1.54) is 6.07 Å². The van der Waals surface area contributed by atoms with Crippen molar-refractivity contribution in [1.29, 1.82) is 0 Å². The lowest BCUT2D eigenvalue weighted by Gasteiger charge is -2.12. The van der Waals surface area contributed by atoms with E-state index in [1.54, 1.807) is 13.0 Å². The number of nitrogen functional groups attached to an aromatic ring is 1. The van der Waals surface area contributed by atoms with Crippen LogP contribution in [0.25, 0.3) is 0 Å². The molecule has 0 aliphatic carbocycles. The van der Waals surface area contributed by atoms with Crippen LogP contribution < -0.4 is 5.73 Å². The molecule has 0 radical (unpaired) electrons. The van der Waals surface area contributed by atoms with Gasteiger partial charge in [-0.3, -0.25) is 4.79 Å². The first-order chi connectivity index (χ1) is 7.99. The molecule has 0 heterocycles. The molecular weight excluding hydrogens is 218 g/mol. The Morgan fingerprint density at radius 1 is 1.47 bits per heavy atom. The largest absolute Gasteiger partial charge is 0.506 e. The summed E-state index contributed by atoms with van der Waals surface area (Å²) in [4.78, 5) is 11.9. The van der Waals surface area contributed by atoms with Crippen molar-refractivity contribution in [3.63, 3.8) is 0 Å². The van der Waals surface area contributed by atoms with E-state index in [-0.39, 0.29) is 23.8 Å². The maximum atomic E-state index is 11.9. The number of aliphatic hydroxyl groups is 1. The quantitative estimate of drug-likeness (QED) is 0.313. The number of hydrogen-bond acceptors (Lipinski definition) is 4. The molecule has 92 valence electrons. The first-order valence-electron chi connectivity index (χ1n) is 5.40. The molecule has 17 heavy (non-hydrogen) atoms. The fourth-order valence-electron chi connectivity index (χ4n) is 1.61. The zero-order chi connectivity index (χ0) is 13.0. The second-order valence-electron chi connectivity index (χ2n) is 3.97. The highest BCUT2D eigenvalue weighted by Gasteiger charge is 2.17. The van der Waals surface area contributed by atoms with Gasteiger partial charge in [0.1, 0.15) is 5.75 Å². The number of Topliss-reactive ketones (excluding diaryl/α,β-unsaturated/α-hetero) is 1. The Bertz CT molecular complexity index is 452. The molecule has 1 aromatic rings. The van der Waals surface area contributed by atoms with Gasteiger partial charge in [-0.15, -0.1) is 0 Å². The third-order valence-corrected chi connectivity index (χ3v) is 2.53. The molecular formula is C13H17NO3. The van der Waals surface area contributed by atoms with E-state index < -0.39 is 0 Å². The Hall–Kier alpha value is -1.81. The molecule has 0 bridgehead atoms. The third kappa shape index (κ3) is 2.85. The molecule has 1 aromatic carbocycles. The van der Waals surface area contributed by atoms with E-state index in [4.69, 9.17) is 10.8 Å². The molecule has 0 aliphatic heterocycles. The molecule has 0 atom stereocenters. The summed E-state index contributed by atoms with van der Waals surface area (Å²) in [7, 11) is 0. The Kier molecular flexibility index (Phi) is 4.29. The Labute approximate surface area is 100 Å². The smallest absolute Gasteiger partial charge is 0.190 e. The molecule has 1 rings (SSSR count). The number of aryl methyl sites for hydroxylation is 1. The van der Waals surface area contributed by atoms with Crippen LogP contribution in [0.4, 0.5) is 5.69 Å². The van der Waals surface area contributed by atoms with Gasteiger partial charge in [0.05, 0.1) is 11.3 Å². The monoisotopic (exact) mass is 235 g/mol. The number of ketones is 1. The molecule has 0 unspecified atom stereocenters. The van der Waals surface area contributed by atoms with E-state index >= 15 is 0 Å². The maximum absolute atomic E-state index is 11.9. The molecule has 0 aliphatic rings. The number of phenols is 1. The summed E-state index contributed by atoms with van der Waals surface area (Å²) in [6, 6.07) is 3.11. The number of carbonyl (C=O) groups is 1. The van der Waals surface area contributed by atoms with Gasteiger partial charge in [0, 0.05) is 6.61 Å².